The molecule has 8 nitrogen and oxygen atoms in total. The highest BCUT2D eigenvalue weighted by Gasteiger charge is 2.18. The zero-order valence-corrected chi connectivity index (χ0v) is 16.9. The fraction of sp³-hybridized carbons (Fsp3) is 0.400. The first kappa shape index (κ1) is 19.6. The monoisotopic (exact) mass is 383 g/mol. The van der Waals surface area contributed by atoms with E-state index < -0.39 is 0 Å². The average molecular weight is 383 g/mol. The highest BCUT2D eigenvalue weighted by atomic mass is 16.5. The Labute approximate surface area is 164 Å². The van der Waals surface area contributed by atoms with Crippen molar-refractivity contribution in [2.75, 3.05) is 14.2 Å². The molecule has 0 aliphatic heterocycles. The standard InChI is InChI=1S/C20H25N5O3/c1-6-9-24-13(2)10-16(14(24)3)17(26)12-25-22-20(21-23-25)15-7-8-18(27-4)19(11-15)28-5/h7-8,10-11H,6,9,12H2,1-5H3. The number of methoxy groups -OCH3 is 2. The molecule has 2 aromatic heterocycles. The lowest BCUT2D eigenvalue weighted by molar-refractivity contribution is 0.0960. The first-order chi connectivity index (χ1) is 13.5. The topological polar surface area (TPSA) is 84.1 Å². The van der Waals surface area contributed by atoms with Gasteiger partial charge in [-0.25, -0.2) is 0 Å². The van der Waals surface area contributed by atoms with Crippen LogP contribution in [0.25, 0.3) is 11.4 Å². The molecule has 0 aliphatic rings. The average Bonchev–Trinajstić information content (AvgIpc) is 3.27. The third-order valence-corrected chi connectivity index (χ3v) is 4.70. The van der Waals surface area contributed by atoms with Crippen molar-refractivity contribution in [3.8, 4) is 22.9 Å². The molecule has 0 fully saturated rings. The van der Waals surface area contributed by atoms with Gasteiger partial charge in [0.1, 0.15) is 6.54 Å². The summed E-state index contributed by atoms with van der Waals surface area (Å²) in [6.45, 7) is 7.05. The predicted octanol–water partition coefficient (Wildman–Crippen LogP) is 3.07. The number of aromatic nitrogens is 5. The summed E-state index contributed by atoms with van der Waals surface area (Å²) in [4.78, 5) is 14.1. The molecule has 2 heterocycles. The third-order valence-electron chi connectivity index (χ3n) is 4.70. The number of benzene rings is 1. The van der Waals surface area contributed by atoms with E-state index in [0.29, 0.717) is 22.9 Å². The van der Waals surface area contributed by atoms with Gasteiger partial charge in [0.05, 0.1) is 14.2 Å². The van der Waals surface area contributed by atoms with E-state index >= 15 is 0 Å². The van der Waals surface area contributed by atoms with Crippen molar-refractivity contribution >= 4 is 5.78 Å². The fourth-order valence-corrected chi connectivity index (χ4v) is 3.27. The largest absolute Gasteiger partial charge is 0.493 e. The van der Waals surface area contributed by atoms with Crippen LogP contribution in [-0.4, -0.2) is 44.8 Å². The van der Waals surface area contributed by atoms with E-state index in [1.165, 1.54) is 4.80 Å². The van der Waals surface area contributed by atoms with Gasteiger partial charge < -0.3 is 14.0 Å². The van der Waals surface area contributed by atoms with Crippen LogP contribution >= 0.6 is 0 Å². The van der Waals surface area contributed by atoms with Crippen molar-refractivity contribution < 1.29 is 14.3 Å². The summed E-state index contributed by atoms with van der Waals surface area (Å²) >= 11 is 0. The van der Waals surface area contributed by atoms with Crippen LogP contribution in [0.1, 0.15) is 35.1 Å². The van der Waals surface area contributed by atoms with Crippen LogP contribution in [0.3, 0.4) is 0 Å². The molecule has 0 bridgehead atoms. The predicted molar refractivity (Wildman–Crippen MR) is 105 cm³/mol. The lowest BCUT2D eigenvalue weighted by Crippen LogP contribution is -2.14. The third kappa shape index (κ3) is 3.76. The molecule has 8 heteroatoms. The molecule has 0 spiro atoms. The molecule has 0 unspecified atom stereocenters. The molecule has 3 aromatic rings. The molecule has 0 aliphatic carbocycles. The maximum Gasteiger partial charge on any atom is 0.205 e. The van der Waals surface area contributed by atoms with Crippen molar-refractivity contribution in [1.29, 1.82) is 0 Å². The Balaban J connectivity index is 1.80. The van der Waals surface area contributed by atoms with Gasteiger partial charge in [0.25, 0.3) is 0 Å². The van der Waals surface area contributed by atoms with E-state index in [1.807, 2.05) is 26.0 Å². The van der Waals surface area contributed by atoms with E-state index in [1.54, 1.807) is 26.4 Å². The second-order valence-corrected chi connectivity index (χ2v) is 6.57. The second kappa shape index (κ2) is 8.24. The summed E-state index contributed by atoms with van der Waals surface area (Å²) in [6.07, 6.45) is 1.02. The van der Waals surface area contributed by atoms with Crippen LogP contribution in [0.2, 0.25) is 0 Å². The molecular weight excluding hydrogens is 358 g/mol. The van der Waals surface area contributed by atoms with Crippen molar-refractivity contribution in [2.45, 2.75) is 40.3 Å². The van der Waals surface area contributed by atoms with Crippen LogP contribution in [0.4, 0.5) is 0 Å². The number of carbonyl (C=O) groups is 1. The molecule has 0 saturated heterocycles. The van der Waals surface area contributed by atoms with Gasteiger partial charge in [-0.15, -0.1) is 10.2 Å². The molecule has 3 rings (SSSR count). The van der Waals surface area contributed by atoms with Gasteiger partial charge in [0.2, 0.25) is 5.82 Å². The maximum absolute atomic E-state index is 12.8. The summed E-state index contributed by atoms with van der Waals surface area (Å²) in [7, 11) is 3.15. The minimum absolute atomic E-state index is 0.0354. The highest BCUT2D eigenvalue weighted by molar-refractivity contribution is 5.97. The zero-order valence-electron chi connectivity index (χ0n) is 16.9. The molecule has 0 amide bonds. The Morgan fingerprint density at radius 3 is 2.54 bits per heavy atom. The molecular formula is C20H25N5O3. The van der Waals surface area contributed by atoms with Crippen LogP contribution in [0.5, 0.6) is 11.5 Å². The summed E-state index contributed by atoms with van der Waals surface area (Å²) < 4.78 is 12.7. The Kier molecular flexibility index (Phi) is 5.77. The Hall–Kier alpha value is -3.16. The van der Waals surface area contributed by atoms with E-state index in [0.717, 1.165) is 29.9 Å². The summed E-state index contributed by atoms with van der Waals surface area (Å²) in [6, 6.07) is 7.31. The number of nitrogens with zero attached hydrogens (tertiary/aromatic N) is 5. The van der Waals surface area contributed by atoms with Gasteiger partial charge in [-0.3, -0.25) is 4.79 Å². The zero-order chi connectivity index (χ0) is 20.3. The Bertz CT molecular complexity index is 990. The van der Waals surface area contributed by atoms with Crippen molar-refractivity contribution in [3.63, 3.8) is 0 Å². The fourth-order valence-electron chi connectivity index (χ4n) is 3.27. The minimum Gasteiger partial charge on any atom is -0.493 e. The Morgan fingerprint density at radius 1 is 1.11 bits per heavy atom. The van der Waals surface area contributed by atoms with Gasteiger partial charge >= 0.3 is 0 Å². The van der Waals surface area contributed by atoms with Crippen molar-refractivity contribution in [3.05, 3.63) is 41.2 Å². The van der Waals surface area contributed by atoms with E-state index in [-0.39, 0.29) is 12.3 Å². The number of rotatable bonds is 8. The number of aryl methyl sites for hydroxylation is 1. The Morgan fingerprint density at radius 2 is 1.86 bits per heavy atom. The van der Waals surface area contributed by atoms with Crippen molar-refractivity contribution in [2.24, 2.45) is 0 Å². The SMILES string of the molecule is CCCn1c(C)cc(C(=O)Cn2nnc(-c3ccc(OC)c(OC)c3)n2)c1C. The molecule has 0 saturated carbocycles. The van der Waals surface area contributed by atoms with E-state index in [9.17, 15) is 4.79 Å². The number of hydrogen-bond donors (Lipinski definition) is 0. The first-order valence-corrected chi connectivity index (χ1v) is 9.18. The van der Waals surface area contributed by atoms with Gasteiger partial charge in [-0.2, -0.15) is 4.80 Å². The number of ketones is 1. The van der Waals surface area contributed by atoms with E-state index in [4.69, 9.17) is 9.47 Å². The minimum atomic E-state index is -0.0354. The van der Waals surface area contributed by atoms with Crippen molar-refractivity contribution in [1.82, 2.24) is 24.8 Å². The van der Waals surface area contributed by atoms with E-state index in [2.05, 4.69) is 26.9 Å². The van der Waals surface area contributed by atoms with Gasteiger partial charge in [-0.1, -0.05) is 6.92 Å². The van der Waals surface area contributed by atoms with Gasteiger partial charge in [0, 0.05) is 29.1 Å². The maximum atomic E-state index is 12.8. The van der Waals surface area contributed by atoms with Crippen LogP contribution in [0.15, 0.2) is 24.3 Å². The van der Waals surface area contributed by atoms with Gasteiger partial charge in [-0.05, 0) is 49.7 Å². The van der Waals surface area contributed by atoms with Crippen LogP contribution < -0.4 is 9.47 Å². The highest BCUT2D eigenvalue weighted by Crippen LogP contribution is 2.30. The smallest absolute Gasteiger partial charge is 0.205 e. The lowest BCUT2D eigenvalue weighted by Gasteiger charge is -2.07. The molecule has 0 N–H and O–H groups in total. The number of carbonyl (C=O) groups excluding carboxylic acids is 1. The summed E-state index contributed by atoms with van der Waals surface area (Å²) in [5, 5.41) is 12.4. The summed E-state index contributed by atoms with van der Waals surface area (Å²) in [5.74, 6) is 1.59. The van der Waals surface area contributed by atoms with Crippen LogP contribution in [0, 0.1) is 13.8 Å². The molecule has 0 atom stereocenters. The van der Waals surface area contributed by atoms with Crippen LogP contribution in [-0.2, 0) is 13.1 Å². The lowest BCUT2D eigenvalue weighted by atomic mass is 10.1. The molecule has 0 radical (unpaired) electrons. The molecule has 1 aromatic carbocycles. The quantitative estimate of drug-likeness (QED) is 0.556. The number of tetrazole rings is 1. The first-order valence-electron chi connectivity index (χ1n) is 9.18. The normalized spacial score (nSPS) is 10.9. The summed E-state index contributed by atoms with van der Waals surface area (Å²) in [5.41, 5.74) is 3.50. The van der Waals surface area contributed by atoms with Gasteiger partial charge in [0.15, 0.2) is 17.3 Å². The number of ether oxygens (including phenoxy) is 2. The second-order valence-electron chi connectivity index (χ2n) is 6.57. The number of Topliss-reactive ketones (excluding diaryl/α,β-unsaturated/α-hetero) is 1. The molecule has 148 valence electrons. The molecule has 28 heavy (non-hydrogen) atoms. The number of hydrogen-bond acceptors (Lipinski definition) is 6.